The first-order chi connectivity index (χ1) is 10.2. The van der Waals surface area contributed by atoms with Crippen LogP contribution in [0.1, 0.15) is 12.0 Å². The zero-order chi connectivity index (χ0) is 14.7. The predicted octanol–water partition coefficient (Wildman–Crippen LogP) is 4.02. The van der Waals surface area contributed by atoms with Gasteiger partial charge < -0.3 is 10.1 Å². The normalized spacial score (nSPS) is 18.1. The van der Waals surface area contributed by atoms with Gasteiger partial charge in [-0.3, -0.25) is 0 Å². The van der Waals surface area contributed by atoms with Crippen molar-refractivity contribution in [3.05, 3.63) is 58.9 Å². The van der Waals surface area contributed by atoms with Gasteiger partial charge in [0.05, 0.1) is 12.7 Å². The Morgan fingerprint density at radius 2 is 2.14 bits per heavy atom. The van der Waals surface area contributed by atoms with Crippen molar-refractivity contribution in [1.29, 1.82) is 0 Å². The standard InChI is InChI=1S/C17H17ClFNO/c18-14-3-1-2-12(8-14)17-5-4-15(19)9-13(17)11-21-16-6-7-20-10-16/h1-5,8-9,16,20H,6-7,10-11H2. The molecule has 0 spiro atoms. The number of benzene rings is 2. The molecule has 3 rings (SSSR count). The van der Waals surface area contributed by atoms with Crippen LogP contribution in [0.15, 0.2) is 42.5 Å². The van der Waals surface area contributed by atoms with E-state index in [0.29, 0.717) is 11.6 Å². The Morgan fingerprint density at radius 1 is 1.24 bits per heavy atom. The van der Waals surface area contributed by atoms with E-state index in [9.17, 15) is 4.39 Å². The van der Waals surface area contributed by atoms with E-state index in [2.05, 4.69) is 5.32 Å². The summed E-state index contributed by atoms with van der Waals surface area (Å²) in [7, 11) is 0. The first-order valence-electron chi connectivity index (χ1n) is 7.09. The van der Waals surface area contributed by atoms with Crippen LogP contribution in [0.5, 0.6) is 0 Å². The summed E-state index contributed by atoms with van der Waals surface area (Å²) in [6.45, 7) is 2.25. The molecule has 0 amide bonds. The number of halogens is 2. The van der Waals surface area contributed by atoms with Gasteiger partial charge in [-0.1, -0.05) is 29.8 Å². The highest BCUT2D eigenvalue weighted by molar-refractivity contribution is 6.30. The van der Waals surface area contributed by atoms with Crippen molar-refractivity contribution in [1.82, 2.24) is 5.32 Å². The lowest BCUT2D eigenvalue weighted by atomic mass is 10.00. The SMILES string of the molecule is Fc1ccc(-c2cccc(Cl)c2)c(COC2CCNC2)c1. The largest absolute Gasteiger partial charge is 0.372 e. The van der Waals surface area contributed by atoms with Crippen LogP contribution in [0.4, 0.5) is 4.39 Å². The van der Waals surface area contributed by atoms with Crippen molar-refractivity contribution in [2.75, 3.05) is 13.1 Å². The molecule has 4 heteroatoms. The Kier molecular flexibility index (Phi) is 4.54. The number of nitrogens with one attached hydrogen (secondary N) is 1. The van der Waals surface area contributed by atoms with Crippen LogP contribution in [-0.4, -0.2) is 19.2 Å². The molecule has 1 atom stereocenters. The maximum atomic E-state index is 13.5. The van der Waals surface area contributed by atoms with Gasteiger partial charge in [0.15, 0.2) is 0 Å². The predicted molar refractivity (Wildman–Crippen MR) is 82.9 cm³/mol. The molecule has 0 aliphatic carbocycles. The molecule has 0 saturated carbocycles. The molecule has 2 aromatic carbocycles. The summed E-state index contributed by atoms with van der Waals surface area (Å²) >= 11 is 6.05. The molecule has 2 nitrogen and oxygen atoms in total. The summed E-state index contributed by atoms with van der Waals surface area (Å²) < 4.78 is 19.4. The topological polar surface area (TPSA) is 21.3 Å². The molecule has 2 aromatic rings. The summed E-state index contributed by atoms with van der Waals surface area (Å²) in [5.41, 5.74) is 2.79. The van der Waals surface area contributed by atoms with Gasteiger partial charge in [0.1, 0.15) is 5.82 Å². The second-order valence-corrected chi connectivity index (χ2v) is 5.67. The number of hydrogen-bond donors (Lipinski definition) is 1. The Bertz CT molecular complexity index is 626. The zero-order valence-electron chi connectivity index (χ0n) is 11.6. The molecular formula is C17H17ClFNO. The summed E-state index contributed by atoms with van der Waals surface area (Å²) in [4.78, 5) is 0. The molecule has 1 N–H and O–H groups in total. The molecular weight excluding hydrogens is 289 g/mol. The minimum Gasteiger partial charge on any atom is -0.372 e. The molecule has 1 unspecified atom stereocenters. The van der Waals surface area contributed by atoms with Crippen molar-refractivity contribution in [2.24, 2.45) is 0 Å². The molecule has 1 heterocycles. The van der Waals surface area contributed by atoms with Crippen LogP contribution in [0, 0.1) is 5.82 Å². The van der Waals surface area contributed by atoms with E-state index in [1.807, 2.05) is 24.3 Å². The molecule has 0 aromatic heterocycles. The van der Waals surface area contributed by atoms with Crippen molar-refractivity contribution >= 4 is 11.6 Å². The van der Waals surface area contributed by atoms with Gasteiger partial charge in [0, 0.05) is 11.6 Å². The van der Waals surface area contributed by atoms with E-state index in [-0.39, 0.29) is 11.9 Å². The Morgan fingerprint density at radius 3 is 2.90 bits per heavy atom. The first-order valence-corrected chi connectivity index (χ1v) is 7.47. The molecule has 0 bridgehead atoms. The third-order valence-corrected chi connectivity index (χ3v) is 3.93. The van der Waals surface area contributed by atoms with Gasteiger partial charge >= 0.3 is 0 Å². The zero-order valence-corrected chi connectivity index (χ0v) is 12.4. The van der Waals surface area contributed by atoms with Crippen LogP contribution in [0.2, 0.25) is 5.02 Å². The van der Waals surface area contributed by atoms with Crippen molar-refractivity contribution in [3.63, 3.8) is 0 Å². The third kappa shape index (κ3) is 3.62. The average Bonchev–Trinajstić information content (AvgIpc) is 2.98. The van der Waals surface area contributed by atoms with Gasteiger partial charge in [-0.25, -0.2) is 4.39 Å². The van der Waals surface area contributed by atoms with Crippen molar-refractivity contribution in [2.45, 2.75) is 19.1 Å². The van der Waals surface area contributed by atoms with Crippen LogP contribution in [0.25, 0.3) is 11.1 Å². The number of ether oxygens (including phenoxy) is 1. The Labute approximate surface area is 128 Å². The second kappa shape index (κ2) is 6.56. The van der Waals surface area contributed by atoms with Crippen LogP contribution in [0.3, 0.4) is 0 Å². The third-order valence-electron chi connectivity index (χ3n) is 3.69. The van der Waals surface area contributed by atoms with E-state index in [1.165, 1.54) is 6.07 Å². The molecule has 1 aliphatic rings. The number of hydrogen-bond acceptors (Lipinski definition) is 2. The minimum absolute atomic E-state index is 0.209. The van der Waals surface area contributed by atoms with E-state index >= 15 is 0 Å². The monoisotopic (exact) mass is 305 g/mol. The lowest BCUT2D eigenvalue weighted by Gasteiger charge is -2.14. The van der Waals surface area contributed by atoms with E-state index in [0.717, 1.165) is 36.2 Å². The van der Waals surface area contributed by atoms with Gasteiger partial charge in [0.25, 0.3) is 0 Å². The number of rotatable bonds is 4. The van der Waals surface area contributed by atoms with E-state index in [4.69, 9.17) is 16.3 Å². The van der Waals surface area contributed by atoms with Crippen molar-refractivity contribution < 1.29 is 9.13 Å². The van der Waals surface area contributed by atoms with Gasteiger partial charge in [0.2, 0.25) is 0 Å². The molecule has 21 heavy (non-hydrogen) atoms. The van der Waals surface area contributed by atoms with Crippen LogP contribution >= 0.6 is 11.6 Å². The fourth-order valence-corrected chi connectivity index (χ4v) is 2.79. The van der Waals surface area contributed by atoms with E-state index in [1.54, 1.807) is 12.1 Å². The van der Waals surface area contributed by atoms with E-state index < -0.39 is 0 Å². The second-order valence-electron chi connectivity index (χ2n) is 5.24. The fraction of sp³-hybridized carbons (Fsp3) is 0.294. The highest BCUT2D eigenvalue weighted by atomic mass is 35.5. The lowest BCUT2D eigenvalue weighted by molar-refractivity contribution is 0.0543. The summed E-state index contributed by atoms with van der Waals surface area (Å²) in [6, 6.07) is 12.4. The van der Waals surface area contributed by atoms with Crippen LogP contribution < -0.4 is 5.32 Å². The maximum absolute atomic E-state index is 13.5. The Balaban J connectivity index is 1.85. The smallest absolute Gasteiger partial charge is 0.123 e. The molecule has 1 saturated heterocycles. The molecule has 1 fully saturated rings. The average molecular weight is 306 g/mol. The lowest BCUT2D eigenvalue weighted by Crippen LogP contribution is -2.16. The summed E-state index contributed by atoms with van der Waals surface area (Å²) in [6.07, 6.45) is 1.21. The quantitative estimate of drug-likeness (QED) is 0.921. The highest BCUT2D eigenvalue weighted by Gasteiger charge is 2.16. The summed E-state index contributed by atoms with van der Waals surface area (Å²) in [5.74, 6) is -0.246. The maximum Gasteiger partial charge on any atom is 0.123 e. The van der Waals surface area contributed by atoms with Crippen molar-refractivity contribution in [3.8, 4) is 11.1 Å². The van der Waals surface area contributed by atoms with Gasteiger partial charge in [-0.05, 0) is 53.9 Å². The van der Waals surface area contributed by atoms with Gasteiger partial charge in [-0.2, -0.15) is 0 Å². The fourth-order valence-electron chi connectivity index (χ4n) is 2.60. The Hall–Kier alpha value is -1.42. The highest BCUT2D eigenvalue weighted by Crippen LogP contribution is 2.28. The van der Waals surface area contributed by atoms with Gasteiger partial charge in [-0.15, -0.1) is 0 Å². The minimum atomic E-state index is -0.246. The molecule has 0 radical (unpaired) electrons. The molecule has 110 valence electrons. The molecule has 1 aliphatic heterocycles. The first kappa shape index (κ1) is 14.5. The van der Waals surface area contributed by atoms with Crippen LogP contribution in [-0.2, 0) is 11.3 Å². The summed E-state index contributed by atoms with van der Waals surface area (Å²) in [5, 5.41) is 3.93.